The fourth-order valence-corrected chi connectivity index (χ4v) is 3.59. The van der Waals surface area contributed by atoms with E-state index in [-0.39, 0.29) is 10.3 Å². The highest BCUT2D eigenvalue weighted by Crippen LogP contribution is 2.22. The molecule has 1 rings (SSSR count). The molecule has 0 bridgehead atoms. The van der Waals surface area contributed by atoms with Gasteiger partial charge in [-0.15, -0.1) is 11.3 Å². The molecular formula is C11H17F3N2O2S2. The number of hydrogen-bond acceptors (Lipinski definition) is 4. The first-order valence-corrected chi connectivity index (χ1v) is 8.33. The van der Waals surface area contributed by atoms with Crippen LogP contribution < -0.4 is 10.0 Å². The summed E-state index contributed by atoms with van der Waals surface area (Å²) in [6.07, 6.45) is -5.55. The summed E-state index contributed by atoms with van der Waals surface area (Å²) in [5, 5.41) is 4.81. The Labute approximate surface area is 120 Å². The van der Waals surface area contributed by atoms with E-state index in [4.69, 9.17) is 0 Å². The van der Waals surface area contributed by atoms with Crippen LogP contribution in [0.2, 0.25) is 0 Å². The second-order valence-corrected chi connectivity index (χ2v) is 7.48. The van der Waals surface area contributed by atoms with Crippen molar-refractivity contribution in [1.29, 1.82) is 0 Å². The summed E-state index contributed by atoms with van der Waals surface area (Å²) in [5.41, 5.74) is 0.792. The average Bonchev–Trinajstić information content (AvgIpc) is 2.73. The first-order valence-electron chi connectivity index (χ1n) is 5.97. The molecule has 0 unspecified atom stereocenters. The van der Waals surface area contributed by atoms with Gasteiger partial charge in [0.2, 0.25) is 10.0 Å². The Morgan fingerprint density at radius 2 is 2.00 bits per heavy atom. The van der Waals surface area contributed by atoms with E-state index in [0.717, 1.165) is 16.9 Å². The van der Waals surface area contributed by atoms with Crippen LogP contribution in [-0.4, -0.2) is 27.2 Å². The summed E-state index contributed by atoms with van der Waals surface area (Å²) in [7, 11) is -3.86. The van der Waals surface area contributed by atoms with Gasteiger partial charge in [0, 0.05) is 19.1 Å². The lowest BCUT2D eigenvalue weighted by Crippen LogP contribution is -2.27. The lowest BCUT2D eigenvalue weighted by Gasteiger charge is -2.07. The fourth-order valence-electron chi connectivity index (χ4n) is 1.31. The molecule has 0 spiro atoms. The van der Waals surface area contributed by atoms with E-state index in [2.05, 4.69) is 5.32 Å². The maximum Gasteiger partial charge on any atom is 0.390 e. The lowest BCUT2D eigenvalue weighted by atomic mass is 10.3. The molecule has 0 saturated heterocycles. The molecule has 0 fully saturated rings. The molecule has 2 N–H and O–H groups in total. The van der Waals surface area contributed by atoms with E-state index in [1.807, 2.05) is 18.6 Å². The van der Waals surface area contributed by atoms with Crippen LogP contribution in [0.3, 0.4) is 0 Å². The van der Waals surface area contributed by atoms with Crippen molar-refractivity contribution in [3.05, 3.63) is 17.0 Å². The van der Waals surface area contributed by atoms with Gasteiger partial charge in [-0.05, 0) is 17.0 Å². The Kier molecular flexibility index (Phi) is 5.99. The largest absolute Gasteiger partial charge is 0.390 e. The van der Waals surface area contributed by atoms with Gasteiger partial charge in [-0.1, -0.05) is 13.8 Å². The third-order valence-electron chi connectivity index (χ3n) is 2.31. The number of hydrogen-bond donors (Lipinski definition) is 2. The number of nitrogens with one attached hydrogen (secondary N) is 2. The molecular weight excluding hydrogens is 313 g/mol. The maximum atomic E-state index is 12.0. The SMILES string of the molecule is CC(C)NCc1csc(S(=O)(=O)NCCC(F)(F)F)c1. The van der Waals surface area contributed by atoms with Crippen LogP contribution in [0.1, 0.15) is 25.8 Å². The van der Waals surface area contributed by atoms with Gasteiger partial charge in [0.1, 0.15) is 4.21 Å². The molecule has 1 aromatic rings. The topological polar surface area (TPSA) is 58.2 Å². The van der Waals surface area contributed by atoms with E-state index in [9.17, 15) is 21.6 Å². The average molecular weight is 330 g/mol. The summed E-state index contributed by atoms with van der Waals surface area (Å²) in [6, 6.07) is 1.73. The highest BCUT2D eigenvalue weighted by Gasteiger charge is 2.27. The van der Waals surface area contributed by atoms with Crippen LogP contribution >= 0.6 is 11.3 Å². The quantitative estimate of drug-likeness (QED) is 0.807. The zero-order valence-electron chi connectivity index (χ0n) is 11.1. The molecule has 4 nitrogen and oxygen atoms in total. The summed E-state index contributed by atoms with van der Waals surface area (Å²) in [6.45, 7) is 3.79. The number of alkyl halides is 3. The second kappa shape index (κ2) is 6.88. The summed E-state index contributed by atoms with van der Waals surface area (Å²) >= 11 is 0.994. The molecule has 0 saturated carbocycles. The van der Waals surface area contributed by atoms with Crippen molar-refractivity contribution in [3.8, 4) is 0 Å². The molecule has 0 aliphatic heterocycles. The van der Waals surface area contributed by atoms with E-state index in [1.165, 1.54) is 6.07 Å². The van der Waals surface area contributed by atoms with Crippen molar-refractivity contribution < 1.29 is 21.6 Å². The number of sulfonamides is 1. The van der Waals surface area contributed by atoms with Crippen molar-refractivity contribution in [1.82, 2.24) is 10.0 Å². The minimum absolute atomic E-state index is 0.0280. The maximum absolute atomic E-state index is 12.0. The van der Waals surface area contributed by atoms with Gasteiger partial charge in [0.15, 0.2) is 0 Å². The van der Waals surface area contributed by atoms with Crippen LogP contribution in [0.25, 0.3) is 0 Å². The first-order chi connectivity index (χ1) is 9.10. The predicted octanol–water partition coefficient (Wildman–Crippen LogP) is 2.48. The third-order valence-corrected chi connectivity index (χ3v) is 5.26. The summed E-state index contributed by atoms with van der Waals surface area (Å²) in [5.74, 6) is 0. The first kappa shape index (κ1) is 17.4. The number of thiophene rings is 1. The molecule has 116 valence electrons. The monoisotopic (exact) mass is 330 g/mol. The highest BCUT2D eigenvalue weighted by molar-refractivity contribution is 7.91. The van der Waals surface area contributed by atoms with Crippen molar-refractivity contribution in [3.63, 3.8) is 0 Å². The molecule has 20 heavy (non-hydrogen) atoms. The van der Waals surface area contributed by atoms with Gasteiger partial charge in [0.05, 0.1) is 6.42 Å². The van der Waals surface area contributed by atoms with Gasteiger partial charge in [-0.2, -0.15) is 13.2 Å². The van der Waals surface area contributed by atoms with Crippen LogP contribution in [-0.2, 0) is 16.6 Å². The predicted molar refractivity (Wildman–Crippen MR) is 72.2 cm³/mol. The molecule has 0 amide bonds. The second-order valence-electron chi connectivity index (χ2n) is 4.57. The van der Waals surface area contributed by atoms with Crippen LogP contribution in [0.5, 0.6) is 0 Å². The molecule has 0 aliphatic carbocycles. The van der Waals surface area contributed by atoms with E-state index in [0.29, 0.717) is 6.54 Å². The van der Waals surface area contributed by atoms with Crippen molar-refractivity contribution in [2.24, 2.45) is 0 Å². The van der Waals surface area contributed by atoms with Gasteiger partial charge >= 0.3 is 6.18 Å². The third kappa shape index (κ3) is 6.21. The normalized spacial score (nSPS) is 13.1. The summed E-state index contributed by atoms with van der Waals surface area (Å²) < 4.78 is 61.5. The van der Waals surface area contributed by atoms with E-state index < -0.39 is 29.2 Å². The number of rotatable bonds is 7. The molecule has 1 aromatic heterocycles. The smallest absolute Gasteiger partial charge is 0.310 e. The van der Waals surface area contributed by atoms with Crippen molar-refractivity contribution >= 4 is 21.4 Å². The molecule has 0 aromatic carbocycles. The molecule has 0 atom stereocenters. The Balaban J connectivity index is 2.59. The Bertz CT molecular complexity index is 524. The van der Waals surface area contributed by atoms with Crippen molar-refractivity contribution in [2.75, 3.05) is 6.54 Å². The van der Waals surface area contributed by atoms with Crippen LogP contribution in [0.15, 0.2) is 15.7 Å². The minimum atomic E-state index is -4.37. The minimum Gasteiger partial charge on any atom is -0.310 e. The van der Waals surface area contributed by atoms with E-state index in [1.54, 1.807) is 5.38 Å². The molecule has 1 heterocycles. The Hall–Kier alpha value is -0.640. The standard InChI is InChI=1S/C11H17F3N2O2S2/c1-8(2)15-6-9-5-10(19-7-9)20(17,18)16-4-3-11(12,13)14/h5,7-8,15-16H,3-4,6H2,1-2H3. The zero-order chi connectivity index (χ0) is 15.4. The van der Waals surface area contributed by atoms with Gasteiger partial charge in [-0.25, -0.2) is 13.1 Å². The zero-order valence-corrected chi connectivity index (χ0v) is 12.8. The van der Waals surface area contributed by atoms with Gasteiger partial charge < -0.3 is 5.32 Å². The van der Waals surface area contributed by atoms with E-state index >= 15 is 0 Å². The highest BCUT2D eigenvalue weighted by atomic mass is 32.2. The van der Waals surface area contributed by atoms with Crippen molar-refractivity contribution in [2.45, 2.75) is 43.2 Å². The Morgan fingerprint density at radius 3 is 2.55 bits per heavy atom. The Morgan fingerprint density at radius 1 is 1.35 bits per heavy atom. The molecule has 0 aliphatic rings. The fraction of sp³-hybridized carbons (Fsp3) is 0.636. The number of halogens is 3. The van der Waals surface area contributed by atoms with Gasteiger partial charge in [0.25, 0.3) is 0 Å². The lowest BCUT2D eigenvalue weighted by molar-refractivity contribution is -0.132. The molecule has 0 radical (unpaired) electrons. The van der Waals surface area contributed by atoms with Crippen LogP contribution in [0.4, 0.5) is 13.2 Å². The van der Waals surface area contributed by atoms with Crippen LogP contribution in [0, 0.1) is 0 Å². The summed E-state index contributed by atoms with van der Waals surface area (Å²) in [4.78, 5) is 0. The molecule has 9 heteroatoms. The van der Waals surface area contributed by atoms with Gasteiger partial charge in [-0.3, -0.25) is 0 Å².